The molecular weight excluding hydrogens is 156 g/mol. The zero-order valence-corrected chi connectivity index (χ0v) is 7.03. The van der Waals surface area contributed by atoms with Crippen LogP contribution in [0.15, 0.2) is 12.2 Å². The fourth-order valence-electron chi connectivity index (χ4n) is 1.24. The summed E-state index contributed by atoms with van der Waals surface area (Å²) in [6.45, 7) is 0.808. The molecule has 1 saturated heterocycles. The van der Waals surface area contributed by atoms with Crippen LogP contribution in [0, 0.1) is 0 Å². The van der Waals surface area contributed by atoms with Crippen molar-refractivity contribution in [3.63, 3.8) is 0 Å². The fraction of sp³-hybridized carbons (Fsp3) is 0.667. The van der Waals surface area contributed by atoms with Gasteiger partial charge in [0.1, 0.15) is 0 Å². The molecule has 0 aromatic rings. The standard InChI is InChI=1S/C9H14O3/c10-9(11)6-3-5-8-4-1-2-7-12-8/h3,5,8H,1-2,4,6-7H2,(H,10,11)/b5-3-. The second kappa shape index (κ2) is 4.93. The Labute approximate surface area is 72.0 Å². The van der Waals surface area contributed by atoms with Crippen LogP contribution in [0.3, 0.4) is 0 Å². The van der Waals surface area contributed by atoms with Gasteiger partial charge >= 0.3 is 5.97 Å². The monoisotopic (exact) mass is 170 g/mol. The van der Waals surface area contributed by atoms with Crippen LogP contribution >= 0.6 is 0 Å². The summed E-state index contributed by atoms with van der Waals surface area (Å²) in [5, 5.41) is 8.35. The van der Waals surface area contributed by atoms with Gasteiger partial charge in [0, 0.05) is 6.61 Å². The van der Waals surface area contributed by atoms with Crippen molar-refractivity contribution < 1.29 is 14.6 Å². The highest BCUT2D eigenvalue weighted by atomic mass is 16.5. The van der Waals surface area contributed by atoms with E-state index >= 15 is 0 Å². The van der Waals surface area contributed by atoms with E-state index in [1.165, 1.54) is 6.42 Å². The molecule has 1 rings (SSSR count). The van der Waals surface area contributed by atoms with Gasteiger partial charge < -0.3 is 9.84 Å². The van der Waals surface area contributed by atoms with E-state index in [1.807, 2.05) is 6.08 Å². The zero-order valence-electron chi connectivity index (χ0n) is 7.03. The molecule has 0 bridgehead atoms. The predicted molar refractivity (Wildman–Crippen MR) is 45.0 cm³/mol. The third-order valence-electron chi connectivity index (χ3n) is 1.86. The molecule has 1 aliphatic rings. The Kier molecular flexibility index (Phi) is 3.80. The highest BCUT2D eigenvalue weighted by Crippen LogP contribution is 2.13. The lowest BCUT2D eigenvalue weighted by Gasteiger charge is -2.18. The van der Waals surface area contributed by atoms with Crippen LogP contribution in [-0.4, -0.2) is 23.8 Å². The van der Waals surface area contributed by atoms with Gasteiger partial charge in [0.05, 0.1) is 12.5 Å². The second-order valence-electron chi connectivity index (χ2n) is 2.93. The Balaban J connectivity index is 2.19. The van der Waals surface area contributed by atoms with Crippen molar-refractivity contribution >= 4 is 5.97 Å². The molecule has 1 unspecified atom stereocenters. The summed E-state index contributed by atoms with van der Waals surface area (Å²) >= 11 is 0. The van der Waals surface area contributed by atoms with Crippen LogP contribution < -0.4 is 0 Å². The van der Waals surface area contributed by atoms with Gasteiger partial charge in [0.25, 0.3) is 0 Å². The lowest BCUT2D eigenvalue weighted by Crippen LogP contribution is -2.16. The van der Waals surface area contributed by atoms with Crippen molar-refractivity contribution in [1.82, 2.24) is 0 Å². The molecule has 1 fully saturated rings. The van der Waals surface area contributed by atoms with Gasteiger partial charge in [0.15, 0.2) is 0 Å². The summed E-state index contributed by atoms with van der Waals surface area (Å²) < 4.78 is 5.38. The summed E-state index contributed by atoms with van der Waals surface area (Å²) in [6.07, 6.45) is 7.10. The summed E-state index contributed by atoms with van der Waals surface area (Å²) in [4.78, 5) is 10.1. The molecule has 3 nitrogen and oxygen atoms in total. The van der Waals surface area contributed by atoms with Gasteiger partial charge in [-0.1, -0.05) is 12.2 Å². The molecular formula is C9H14O3. The second-order valence-corrected chi connectivity index (χ2v) is 2.93. The van der Waals surface area contributed by atoms with Gasteiger partial charge in [-0.15, -0.1) is 0 Å². The molecule has 0 radical (unpaired) electrons. The molecule has 0 aromatic carbocycles. The quantitative estimate of drug-likeness (QED) is 0.654. The summed E-state index contributed by atoms with van der Waals surface area (Å²) in [6, 6.07) is 0. The van der Waals surface area contributed by atoms with E-state index in [2.05, 4.69) is 0 Å². The first-order chi connectivity index (χ1) is 5.79. The van der Waals surface area contributed by atoms with Crippen molar-refractivity contribution in [2.75, 3.05) is 6.61 Å². The molecule has 1 atom stereocenters. The zero-order chi connectivity index (χ0) is 8.81. The number of ether oxygens (including phenoxy) is 1. The topological polar surface area (TPSA) is 46.5 Å². The molecule has 3 heteroatoms. The average Bonchev–Trinajstić information content (AvgIpc) is 2.05. The first kappa shape index (κ1) is 9.26. The normalized spacial score (nSPS) is 24.5. The minimum absolute atomic E-state index is 0.0971. The predicted octanol–water partition coefficient (Wildman–Crippen LogP) is 1.59. The van der Waals surface area contributed by atoms with Gasteiger partial charge in [-0.3, -0.25) is 4.79 Å². The van der Waals surface area contributed by atoms with Crippen molar-refractivity contribution in [3.05, 3.63) is 12.2 Å². The number of hydrogen-bond donors (Lipinski definition) is 1. The maximum atomic E-state index is 10.1. The Morgan fingerprint density at radius 1 is 1.58 bits per heavy atom. The molecule has 1 aliphatic heterocycles. The Bertz CT molecular complexity index is 169. The van der Waals surface area contributed by atoms with Crippen LogP contribution in [0.5, 0.6) is 0 Å². The minimum atomic E-state index is -0.790. The summed E-state index contributed by atoms with van der Waals surface area (Å²) in [5.41, 5.74) is 0. The van der Waals surface area contributed by atoms with E-state index in [9.17, 15) is 4.79 Å². The molecule has 1 heterocycles. The third kappa shape index (κ3) is 3.53. The first-order valence-electron chi connectivity index (χ1n) is 4.29. The Morgan fingerprint density at radius 3 is 3.00 bits per heavy atom. The molecule has 0 aliphatic carbocycles. The van der Waals surface area contributed by atoms with Crippen LogP contribution in [0.1, 0.15) is 25.7 Å². The van der Waals surface area contributed by atoms with Crippen LogP contribution in [0.2, 0.25) is 0 Å². The maximum absolute atomic E-state index is 10.1. The largest absolute Gasteiger partial charge is 0.481 e. The molecule has 68 valence electrons. The number of carbonyl (C=O) groups is 1. The van der Waals surface area contributed by atoms with E-state index in [-0.39, 0.29) is 12.5 Å². The van der Waals surface area contributed by atoms with Gasteiger partial charge in [-0.25, -0.2) is 0 Å². The Hall–Kier alpha value is -0.830. The van der Waals surface area contributed by atoms with E-state index < -0.39 is 5.97 Å². The SMILES string of the molecule is O=C(O)C/C=C\C1CCCCO1. The lowest BCUT2D eigenvalue weighted by molar-refractivity contribution is -0.136. The van der Waals surface area contributed by atoms with Gasteiger partial charge in [-0.05, 0) is 19.3 Å². The van der Waals surface area contributed by atoms with Crippen molar-refractivity contribution in [3.8, 4) is 0 Å². The van der Waals surface area contributed by atoms with E-state index in [0.29, 0.717) is 0 Å². The average molecular weight is 170 g/mol. The van der Waals surface area contributed by atoms with E-state index in [1.54, 1.807) is 6.08 Å². The number of hydrogen-bond acceptors (Lipinski definition) is 2. The molecule has 0 saturated carbocycles. The maximum Gasteiger partial charge on any atom is 0.307 e. The number of rotatable bonds is 3. The summed E-state index contributed by atoms with van der Waals surface area (Å²) in [5.74, 6) is -0.790. The highest BCUT2D eigenvalue weighted by molar-refractivity contribution is 5.68. The molecule has 0 amide bonds. The first-order valence-corrected chi connectivity index (χ1v) is 4.29. The third-order valence-corrected chi connectivity index (χ3v) is 1.86. The van der Waals surface area contributed by atoms with Gasteiger partial charge in [0.2, 0.25) is 0 Å². The van der Waals surface area contributed by atoms with Crippen molar-refractivity contribution in [2.45, 2.75) is 31.8 Å². The number of aliphatic carboxylic acids is 1. The van der Waals surface area contributed by atoms with Gasteiger partial charge in [-0.2, -0.15) is 0 Å². The number of carboxylic acid groups (broad SMARTS) is 1. The van der Waals surface area contributed by atoms with E-state index in [4.69, 9.17) is 9.84 Å². The van der Waals surface area contributed by atoms with Crippen LogP contribution in [-0.2, 0) is 9.53 Å². The van der Waals surface area contributed by atoms with Crippen molar-refractivity contribution in [1.29, 1.82) is 0 Å². The number of carboxylic acids is 1. The fourth-order valence-corrected chi connectivity index (χ4v) is 1.24. The highest BCUT2D eigenvalue weighted by Gasteiger charge is 2.09. The molecule has 1 N–H and O–H groups in total. The summed E-state index contributed by atoms with van der Waals surface area (Å²) in [7, 11) is 0. The van der Waals surface area contributed by atoms with Crippen LogP contribution in [0.25, 0.3) is 0 Å². The van der Waals surface area contributed by atoms with E-state index in [0.717, 1.165) is 19.4 Å². The van der Waals surface area contributed by atoms with Crippen LogP contribution in [0.4, 0.5) is 0 Å². The molecule has 12 heavy (non-hydrogen) atoms. The molecule has 0 spiro atoms. The Morgan fingerprint density at radius 2 is 2.42 bits per heavy atom. The smallest absolute Gasteiger partial charge is 0.307 e. The van der Waals surface area contributed by atoms with Crippen molar-refractivity contribution in [2.24, 2.45) is 0 Å². The minimum Gasteiger partial charge on any atom is -0.481 e. The lowest BCUT2D eigenvalue weighted by atomic mass is 10.1. The molecule has 0 aromatic heterocycles.